The Morgan fingerprint density at radius 2 is 1.96 bits per heavy atom. The van der Waals surface area contributed by atoms with Crippen molar-refractivity contribution in [2.75, 3.05) is 6.61 Å². The van der Waals surface area contributed by atoms with Gasteiger partial charge >= 0.3 is 0 Å². The smallest absolute Gasteiger partial charge is 0.287 e. The molecule has 28 heavy (non-hydrogen) atoms. The lowest BCUT2D eigenvalue weighted by Crippen LogP contribution is -2.24. The second-order valence-electron chi connectivity index (χ2n) is 6.93. The summed E-state index contributed by atoms with van der Waals surface area (Å²) in [5, 5.41) is 19.1. The molecular weight excluding hydrogens is 396 g/mol. The quantitative estimate of drug-likeness (QED) is 0.556. The summed E-state index contributed by atoms with van der Waals surface area (Å²) < 4.78 is 1.74. The van der Waals surface area contributed by atoms with Gasteiger partial charge in [0, 0.05) is 16.1 Å². The number of nitrogens with zero attached hydrogens (tertiary/aromatic N) is 4. The van der Waals surface area contributed by atoms with Crippen LogP contribution in [-0.2, 0) is 19.4 Å². The van der Waals surface area contributed by atoms with Crippen LogP contribution in [0.15, 0.2) is 29.1 Å². The van der Waals surface area contributed by atoms with Gasteiger partial charge in [-0.3, -0.25) is 4.79 Å². The number of rotatable bonds is 3. The van der Waals surface area contributed by atoms with E-state index in [-0.39, 0.29) is 18.7 Å². The van der Waals surface area contributed by atoms with Gasteiger partial charge in [-0.05, 0) is 54.5 Å². The number of aliphatic hydroxyl groups excluding tert-OH is 1. The molecule has 5 rings (SSSR count). The molecule has 142 valence electrons. The van der Waals surface area contributed by atoms with Crippen LogP contribution in [0.2, 0.25) is 5.02 Å². The molecular formula is C20H17ClN4O2S. The van der Waals surface area contributed by atoms with Gasteiger partial charge in [-0.1, -0.05) is 28.9 Å². The van der Waals surface area contributed by atoms with Crippen molar-refractivity contribution in [1.82, 2.24) is 20.0 Å². The predicted octanol–water partition coefficient (Wildman–Crippen LogP) is 3.59. The van der Waals surface area contributed by atoms with Gasteiger partial charge in [-0.2, -0.15) is 0 Å². The molecule has 0 amide bonds. The van der Waals surface area contributed by atoms with Crippen LogP contribution in [0.25, 0.3) is 31.6 Å². The third-order valence-corrected chi connectivity index (χ3v) is 6.53. The summed E-state index contributed by atoms with van der Waals surface area (Å²) in [4.78, 5) is 18.5. The number of aryl methyl sites for hydroxylation is 1. The predicted molar refractivity (Wildman–Crippen MR) is 111 cm³/mol. The highest BCUT2D eigenvalue weighted by molar-refractivity contribution is 7.25. The summed E-state index contributed by atoms with van der Waals surface area (Å²) in [6.07, 6.45) is 4.15. The topological polar surface area (TPSA) is 80.9 Å². The first-order chi connectivity index (χ1) is 13.7. The maximum atomic E-state index is 12.8. The second kappa shape index (κ2) is 6.92. The van der Waals surface area contributed by atoms with Crippen molar-refractivity contribution in [2.24, 2.45) is 0 Å². The maximum absolute atomic E-state index is 12.8. The Labute approximate surface area is 169 Å². The minimum Gasteiger partial charge on any atom is -0.394 e. The second-order valence-corrected chi connectivity index (χ2v) is 8.36. The first-order valence-electron chi connectivity index (χ1n) is 9.26. The molecule has 0 atom stereocenters. The normalized spacial score (nSPS) is 13.9. The fourth-order valence-electron chi connectivity index (χ4n) is 3.94. The molecule has 1 N–H and O–H groups in total. The molecule has 0 radical (unpaired) electrons. The number of hydrogen-bond acceptors (Lipinski definition) is 6. The zero-order valence-electron chi connectivity index (χ0n) is 15.0. The van der Waals surface area contributed by atoms with Gasteiger partial charge in [0.05, 0.1) is 13.2 Å². The third kappa shape index (κ3) is 2.73. The van der Waals surface area contributed by atoms with Crippen LogP contribution in [0.1, 0.15) is 24.1 Å². The summed E-state index contributed by atoms with van der Waals surface area (Å²) >= 11 is 7.46. The number of hydrogen-bond donors (Lipinski definition) is 1. The van der Waals surface area contributed by atoms with E-state index in [1.54, 1.807) is 0 Å². The maximum Gasteiger partial charge on any atom is 0.287 e. The average Bonchev–Trinajstić information content (AvgIpc) is 3.08. The highest BCUT2D eigenvalue weighted by Crippen LogP contribution is 2.42. The molecule has 4 aromatic rings. The fourth-order valence-corrected chi connectivity index (χ4v) is 5.15. The van der Waals surface area contributed by atoms with Gasteiger partial charge in [-0.15, -0.1) is 16.4 Å². The molecule has 0 bridgehead atoms. The highest BCUT2D eigenvalue weighted by atomic mass is 35.5. The summed E-state index contributed by atoms with van der Waals surface area (Å²) in [5.41, 5.74) is 4.85. The van der Waals surface area contributed by atoms with E-state index in [0.717, 1.165) is 52.7 Å². The van der Waals surface area contributed by atoms with Crippen molar-refractivity contribution < 1.29 is 5.11 Å². The van der Waals surface area contributed by atoms with E-state index in [1.807, 2.05) is 24.3 Å². The molecule has 0 saturated heterocycles. The number of thiophene rings is 1. The molecule has 1 aliphatic carbocycles. The molecule has 6 nitrogen and oxygen atoms in total. The van der Waals surface area contributed by atoms with Crippen molar-refractivity contribution in [2.45, 2.75) is 32.2 Å². The number of benzene rings is 1. The van der Waals surface area contributed by atoms with E-state index in [0.29, 0.717) is 15.2 Å². The Morgan fingerprint density at radius 3 is 2.75 bits per heavy atom. The minimum atomic E-state index is -0.234. The zero-order valence-corrected chi connectivity index (χ0v) is 16.6. The zero-order chi connectivity index (χ0) is 19.3. The summed E-state index contributed by atoms with van der Waals surface area (Å²) in [7, 11) is 0. The van der Waals surface area contributed by atoms with Gasteiger partial charge in [0.25, 0.3) is 5.56 Å². The first-order valence-corrected chi connectivity index (χ1v) is 10.5. The van der Waals surface area contributed by atoms with Gasteiger partial charge in [0.1, 0.15) is 15.0 Å². The van der Waals surface area contributed by atoms with Gasteiger partial charge in [0.15, 0.2) is 0 Å². The minimum absolute atomic E-state index is 0.129. The van der Waals surface area contributed by atoms with Crippen molar-refractivity contribution in [3.05, 3.63) is 50.9 Å². The number of halogens is 1. The molecule has 3 heterocycles. The Balaban J connectivity index is 1.90. The van der Waals surface area contributed by atoms with E-state index in [9.17, 15) is 4.79 Å². The standard InChI is InChI=1S/C20H17ClN4O2S/c21-12-7-5-11(6-8-12)15-13-3-1-2-4-14(13)22-19-16(15)17-18(28-19)20(27)25(9-10-26)24-23-17/h5-8,26H,1-4,9-10H2. The molecule has 0 aliphatic heterocycles. The molecule has 0 unspecified atom stereocenters. The van der Waals surface area contributed by atoms with E-state index in [2.05, 4.69) is 10.3 Å². The van der Waals surface area contributed by atoms with Crippen molar-refractivity contribution in [3.8, 4) is 11.1 Å². The van der Waals surface area contributed by atoms with Crippen LogP contribution in [0, 0.1) is 0 Å². The SMILES string of the molecule is O=c1c2sc3nc4c(c(-c5ccc(Cl)cc5)c3c2nnn1CCO)CCCC4. The number of aromatic nitrogens is 4. The average molecular weight is 413 g/mol. The lowest BCUT2D eigenvalue weighted by molar-refractivity contribution is 0.264. The summed E-state index contributed by atoms with van der Waals surface area (Å²) in [5.74, 6) is 0. The molecule has 1 aliphatic rings. The van der Waals surface area contributed by atoms with Crippen LogP contribution in [0.4, 0.5) is 0 Å². The Kier molecular flexibility index (Phi) is 4.38. The third-order valence-electron chi connectivity index (χ3n) is 5.22. The Hall–Kier alpha value is -2.35. The van der Waals surface area contributed by atoms with Crippen LogP contribution in [0.3, 0.4) is 0 Å². The lowest BCUT2D eigenvalue weighted by atomic mass is 9.87. The fraction of sp³-hybridized carbons (Fsp3) is 0.300. The van der Waals surface area contributed by atoms with E-state index in [4.69, 9.17) is 21.7 Å². The molecule has 8 heteroatoms. The number of aliphatic hydroxyl groups is 1. The van der Waals surface area contributed by atoms with Crippen LogP contribution in [0.5, 0.6) is 0 Å². The Morgan fingerprint density at radius 1 is 1.18 bits per heavy atom. The monoisotopic (exact) mass is 412 g/mol. The van der Waals surface area contributed by atoms with Crippen molar-refractivity contribution in [3.63, 3.8) is 0 Å². The lowest BCUT2D eigenvalue weighted by Gasteiger charge is -2.20. The molecule has 0 spiro atoms. The summed E-state index contributed by atoms with van der Waals surface area (Å²) in [6.45, 7) is -0.0302. The summed E-state index contributed by atoms with van der Waals surface area (Å²) in [6, 6.07) is 7.78. The van der Waals surface area contributed by atoms with Gasteiger partial charge in [-0.25, -0.2) is 9.67 Å². The van der Waals surface area contributed by atoms with Crippen LogP contribution >= 0.6 is 22.9 Å². The van der Waals surface area contributed by atoms with Gasteiger partial charge in [0.2, 0.25) is 0 Å². The highest BCUT2D eigenvalue weighted by Gasteiger charge is 2.24. The van der Waals surface area contributed by atoms with Crippen molar-refractivity contribution >= 4 is 43.4 Å². The van der Waals surface area contributed by atoms with Crippen molar-refractivity contribution in [1.29, 1.82) is 0 Å². The van der Waals surface area contributed by atoms with Crippen LogP contribution < -0.4 is 5.56 Å². The first kappa shape index (κ1) is 17.7. The number of fused-ring (bicyclic) bond motifs is 4. The Bertz CT molecular complexity index is 1260. The number of pyridine rings is 1. The molecule has 0 saturated carbocycles. The van der Waals surface area contributed by atoms with E-state index in [1.165, 1.54) is 21.6 Å². The van der Waals surface area contributed by atoms with Crippen LogP contribution in [-0.4, -0.2) is 31.7 Å². The van der Waals surface area contributed by atoms with E-state index < -0.39 is 0 Å². The largest absolute Gasteiger partial charge is 0.394 e. The molecule has 1 aromatic carbocycles. The molecule has 3 aromatic heterocycles. The van der Waals surface area contributed by atoms with E-state index >= 15 is 0 Å². The van der Waals surface area contributed by atoms with Gasteiger partial charge < -0.3 is 5.11 Å². The molecule has 0 fully saturated rings.